The standard InChI is InChI=1S/C22H21Cl2NO5/c1-3-30-22(29)17-18(13-8-4-6-10-15(13)23)25(12(2)26)19(21(17)28)20(27)14-9-5-7-11-16(14)24/h4-11,17-18,20,27-28H,3H2,1-2H3/t17-,18-,20-/m0/s1. The van der Waals surface area contributed by atoms with Crippen LogP contribution in [0.3, 0.4) is 0 Å². The summed E-state index contributed by atoms with van der Waals surface area (Å²) in [5.41, 5.74) is 0.605. The minimum atomic E-state index is -1.45. The van der Waals surface area contributed by atoms with Crippen molar-refractivity contribution in [2.75, 3.05) is 6.61 Å². The first-order valence-electron chi connectivity index (χ1n) is 9.35. The van der Waals surface area contributed by atoms with Crippen LogP contribution in [-0.2, 0) is 14.3 Å². The first-order chi connectivity index (χ1) is 14.3. The highest BCUT2D eigenvalue weighted by molar-refractivity contribution is 6.31. The lowest BCUT2D eigenvalue weighted by Gasteiger charge is -2.31. The molecular formula is C22H21Cl2NO5. The van der Waals surface area contributed by atoms with Gasteiger partial charge in [-0.3, -0.25) is 9.59 Å². The van der Waals surface area contributed by atoms with E-state index in [1.165, 1.54) is 11.8 Å². The van der Waals surface area contributed by atoms with Crippen molar-refractivity contribution < 1.29 is 24.5 Å². The van der Waals surface area contributed by atoms with Gasteiger partial charge in [-0.2, -0.15) is 0 Å². The number of nitrogens with zero attached hydrogens (tertiary/aromatic N) is 1. The zero-order valence-electron chi connectivity index (χ0n) is 16.4. The van der Waals surface area contributed by atoms with Crippen molar-refractivity contribution in [3.63, 3.8) is 0 Å². The van der Waals surface area contributed by atoms with E-state index in [2.05, 4.69) is 0 Å². The van der Waals surface area contributed by atoms with E-state index in [-0.39, 0.29) is 22.9 Å². The Labute approximate surface area is 184 Å². The fourth-order valence-electron chi connectivity index (χ4n) is 3.72. The van der Waals surface area contributed by atoms with Gasteiger partial charge in [0.05, 0.1) is 18.3 Å². The third-order valence-electron chi connectivity index (χ3n) is 4.97. The van der Waals surface area contributed by atoms with Gasteiger partial charge in [0.15, 0.2) is 0 Å². The molecule has 1 aliphatic heterocycles. The van der Waals surface area contributed by atoms with Gasteiger partial charge in [-0.15, -0.1) is 0 Å². The highest BCUT2D eigenvalue weighted by Crippen LogP contribution is 2.49. The average molecular weight is 450 g/mol. The number of ether oxygens (including phenoxy) is 1. The summed E-state index contributed by atoms with van der Waals surface area (Å²) in [6, 6.07) is 12.2. The fourth-order valence-corrected chi connectivity index (χ4v) is 4.21. The van der Waals surface area contributed by atoms with E-state index in [0.717, 1.165) is 0 Å². The maximum absolute atomic E-state index is 12.8. The predicted octanol–water partition coefficient (Wildman–Crippen LogP) is 4.58. The molecule has 0 unspecified atom stereocenters. The molecule has 0 radical (unpaired) electrons. The van der Waals surface area contributed by atoms with Crippen molar-refractivity contribution in [2.45, 2.75) is 26.0 Å². The van der Waals surface area contributed by atoms with E-state index in [9.17, 15) is 19.8 Å². The molecule has 0 spiro atoms. The van der Waals surface area contributed by atoms with Crippen molar-refractivity contribution in [1.29, 1.82) is 0 Å². The van der Waals surface area contributed by atoms with Gasteiger partial charge in [0.1, 0.15) is 17.8 Å². The Bertz CT molecular complexity index is 1010. The Morgan fingerprint density at radius 3 is 2.27 bits per heavy atom. The molecule has 8 heteroatoms. The molecule has 2 aromatic carbocycles. The van der Waals surface area contributed by atoms with Gasteiger partial charge in [0.2, 0.25) is 5.91 Å². The van der Waals surface area contributed by atoms with Crippen LogP contribution in [0.25, 0.3) is 0 Å². The second-order valence-corrected chi connectivity index (χ2v) is 7.59. The number of rotatable bonds is 5. The molecule has 1 heterocycles. The van der Waals surface area contributed by atoms with Crippen LogP contribution in [0, 0.1) is 5.92 Å². The number of hydrogen-bond donors (Lipinski definition) is 2. The molecule has 30 heavy (non-hydrogen) atoms. The Balaban J connectivity index is 2.21. The van der Waals surface area contributed by atoms with Crippen LogP contribution in [0.1, 0.15) is 37.1 Å². The summed E-state index contributed by atoms with van der Waals surface area (Å²) in [5, 5.41) is 22.7. The van der Waals surface area contributed by atoms with E-state index < -0.39 is 35.7 Å². The lowest BCUT2D eigenvalue weighted by atomic mass is 9.93. The molecule has 0 saturated carbocycles. The van der Waals surface area contributed by atoms with Crippen molar-refractivity contribution >= 4 is 35.1 Å². The topological polar surface area (TPSA) is 87.1 Å². The summed E-state index contributed by atoms with van der Waals surface area (Å²) in [5.74, 6) is -2.92. The number of aliphatic hydroxyl groups is 2. The molecular weight excluding hydrogens is 429 g/mol. The zero-order chi connectivity index (χ0) is 22.0. The molecule has 1 aliphatic rings. The van der Waals surface area contributed by atoms with Gasteiger partial charge in [-0.05, 0) is 24.6 Å². The number of amides is 1. The molecule has 0 aromatic heterocycles. The second-order valence-electron chi connectivity index (χ2n) is 6.78. The van der Waals surface area contributed by atoms with Crippen molar-refractivity contribution in [1.82, 2.24) is 4.90 Å². The highest BCUT2D eigenvalue weighted by atomic mass is 35.5. The molecule has 2 aromatic rings. The summed E-state index contributed by atoms with van der Waals surface area (Å²) in [7, 11) is 0. The predicted molar refractivity (Wildman–Crippen MR) is 113 cm³/mol. The van der Waals surface area contributed by atoms with E-state index in [0.29, 0.717) is 10.6 Å². The van der Waals surface area contributed by atoms with Crippen LogP contribution in [0.5, 0.6) is 0 Å². The molecule has 3 rings (SSSR count). The van der Waals surface area contributed by atoms with Crippen LogP contribution in [-0.4, -0.2) is 33.6 Å². The quantitative estimate of drug-likeness (QED) is 0.652. The van der Waals surface area contributed by atoms with Gasteiger partial charge in [-0.25, -0.2) is 0 Å². The van der Waals surface area contributed by atoms with E-state index in [4.69, 9.17) is 27.9 Å². The lowest BCUT2D eigenvalue weighted by molar-refractivity contribution is -0.149. The van der Waals surface area contributed by atoms with Crippen molar-refractivity contribution in [2.24, 2.45) is 5.92 Å². The Morgan fingerprint density at radius 2 is 1.70 bits per heavy atom. The van der Waals surface area contributed by atoms with Gasteiger partial charge in [0, 0.05) is 22.5 Å². The molecule has 6 nitrogen and oxygen atoms in total. The Morgan fingerprint density at radius 1 is 1.10 bits per heavy atom. The number of aliphatic hydroxyl groups excluding tert-OH is 2. The number of carbonyl (C=O) groups excluding carboxylic acids is 2. The third kappa shape index (κ3) is 3.90. The summed E-state index contributed by atoms with van der Waals surface area (Å²) < 4.78 is 5.15. The van der Waals surface area contributed by atoms with Gasteiger partial charge >= 0.3 is 5.97 Å². The van der Waals surface area contributed by atoms with Crippen LogP contribution in [0.15, 0.2) is 60.0 Å². The molecule has 0 saturated heterocycles. The first-order valence-corrected chi connectivity index (χ1v) is 10.1. The minimum absolute atomic E-state index is 0.0837. The second kappa shape index (κ2) is 9.08. The minimum Gasteiger partial charge on any atom is -0.509 e. The van der Waals surface area contributed by atoms with Gasteiger partial charge in [0.25, 0.3) is 0 Å². The lowest BCUT2D eigenvalue weighted by Crippen LogP contribution is -2.35. The van der Waals surface area contributed by atoms with E-state index in [1.54, 1.807) is 55.5 Å². The normalized spacial score (nSPS) is 19.7. The summed E-state index contributed by atoms with van der Waals surface area (Å²) in [4.78, 5) is 26.7. The average Bonchev–Trinajstić information content (AvgIpc) is 3.01. The summed E-state index contributed by atoms with van der Waals surface area (Å²) in [6.45, 7) is 3.00. The molecule has 0 fully saturated rings. The van der Waals surface area contributed by atoms with Gasteiger partial charge < -0.3 is 19.8 Å². The Kier molecular flexibility index (Phi) is 6.71. The van der Waals surface area contributed by atoms with Crippen LogP contribution in [0.4, 0.5) is 0 Å². The summed E-state index contributed by atoms with van der Waals surface area (Å²) in [6.07, 6.45) is -1.45. The van der Waals surface area contributed by atoms with Crippen LogP contribution >= 0.6 is 23.2 Å². The molecule has 1 amide bonds. The highest BCUT2D eigenvalue weighted by Gasteiger charge is 2.51. The summed E-state index contributed by atoms with van der Waals surface area (Å²) >= 11 is 12.6. The largest absolute Gasteiger partial charge is 0.509 e. The number of hydrogen-bond acceptors (Lipinski definition) is 5. The number of halogens is 2. The molecule has 2 N–H and O–H groups in total. The third-order valence-corrected chi connectivity index (χ3v) is 5.66. The molecule has 0 bridgehead atoms. The number of carbonyl (C=O) groups is 2. The smallest absolute Gasteiger partial charge is 0.319 e. The maximum Gasteiger partial charge on any atom is 0.319 e. The molecule has 0 aliphatic carbocycles. The zero-order valence-corrected chi connectivity index (χ0v) is 17.9. The first kappa shape index (κ1) is 22.2. The van der Waals surface area contributed by atoms with E-state index >= 15 is 0 Å². The fraction of sp³-hybridized carbons (Fsp3) is 0.273. The molecule has 158 valence electrons. The van der Waals surface area contributed by atoms with Crippen molar-refractivity contribution in [3.05, 3.63) is 81.2 Å². The van der Waals surface area contributed by atoms with Crippen molar-refractivity contribution in [3.8, 4) is 0 Å². The Hall–Kier alpha value is -2.54. The van der Waals surface area contributed by atoms with Crippen LogP contribution in [0.2, 0.25) is 10.0 Å². The van der Waals surface area contributed by atoms with Gasteiger partial charge in [-0.1, -0.05) is 59.6 Å². The number of esters is 1. The SMILES string of the molecule is CCOC(=O)[C@@H]1C(O)=C([C@@H](O)c2ccccc2Cl)N(C(C)=O)[C@H]1c1ccccc1Cl. The maximum atomic E-state index is 12.8. The number of benzene rings is 2. The van der Waals surface area contributed by atoms with Crippen LogP contribution < -0.4 is 0 Å². The van der Waals surface area contributed by atoms with E-state index in [1.807, 2.05) is 0 Å². The molecule has 3 atom stereocenters. The monoisotopic (exact) mass is 449 g/mol.